The molecule has 0 spiro atoms. The summed E-state index contributed by atoms with van der Waals surface area (Å²) in [7, 11) is 1.87. The lowest BCUT2D eigenvalue weighted by Crippen LogP contribution is -2.38. The molecule has 6 nitrogen and oxygen atoms in total. The summed E-state index contributed by atoms with van der Waals surface area (Å²) in [5, 5.41) is 7.77. The maximum absolute atomic E-state index is 12.9. The van der Waals surface area contributed by atoms with Crippen molar-refractivity contribution in [3.8, 4) is 0 Å². The summed E-state index contributed by atoms with van der Waals surface area (Å²) in [6.07, 6.45) is 0.992. The van der Waals surface area contributed by atoms with Crippen molar-refractivity contribution in [1.29, 1.82) is 0 Å². The summed E-state index contributed by atoms with van der Waals surface area (Å²) in [6.45, 7) is 7.61. The van der Waals surface area contributed by atoms with Gasteiger partial charge < -0.3 is 10.2 Å². The molecule has 3 rings (SSSR count). The zero-order valence-electron chi connectivity index (χ0n) is 13.4. The van der Waals surface area contributed by atoms with Gasteiger partial charge in [0.15, 0.2) is 5.65 Å². The molecule has 0 aliphatic carbocycles. The highest BCUT2D eigenvalue weighted by Gasteiger charge is 2.28. The van der Waals surface area contributed by atoms with Gasteiger partial charge in [0.1, 0.15) is 5.56 Å². The van der Waals surface area contributed by atoms with Gasteiger partial charge >= 0.3 is 0 Å². The number of nitrogens with one attached hydrogen (secondary N) is 1. The van der Waals surface area contributed by atoms with E-state index in [4.69, 9.17) is 0 Å². The minimum atomic E-state index is 0. The molecule has 120 valence electrons. The second-order valence-electron chi connectivity index (χ2n) is 5.80. The zero-order chi connectivity index (χ0) is 15.1. The number of likely N-dealkylation sites (N-methyl/N-ethyl adjacent to an activating group) is 1. The van der Waals surface area contributed by atoms with E-state index in [0.29, 0.717) is 11.2 Å². The van der Waals surface area contributed by atoms with Crippen molar-refractivity contribution < 1.29 is 4.79 Å². The van der Waals surface area contributed by atoms with Crippen molar-refractivity contribution in [2.75, 3.05) is 20.1 Å². The number of carbonyl (C=O) groups excluding carboxylic acids is 1. The molecule has 1 aliphatic heterocycles. The van der Waals surface area contributed by atoms with Crippen molar-refractivity contribution in [2.45, 2.75) is 33.2 Å². The number of aromatic nitrogens is 3. The Morgan fingerprint density at radius 3 is 2.77 bits per heavy atom. The molecule has 0 saturated carbocycles. The van der Waals surface area contributed by atoms with Gasteiger partial charge in [0.25, 0.3) is 5.91 Å². The normalized spacial score (nSPS) is 17.5. The van der Waals surface area contributed by atoms with E-state index >= 15 is 0 Å². The van der Waals surface area contributed by atoms with Crippen LogP contribution < -0.4 is 5.32 Å². The number of rotatable bonds is 2. The van der Waals surface area contributed by atoms with Crippen LogP contribution in [0.4, 0.5) is 0 Å². The van der Waals surface area contributed by atoms with Crippen LogP contribution in [0.25, 0.3) is 5.65 Å². The van der Waals surface area contributed by atoms with Gasteiger partial charge in [-0.25, -0.2) is 9.50 Å². The van der Waals surface area contributed by atoms with Crippen molar-refractivity contribution in [1.82, 2.24) is 24.8 Å². The molecule has 1 unspecified atom stereocenters. The molecule has 22 heavy (non-hydrogen) atoms. The first-order chi connectivity index (χ1) is 9.99. The minimum absolute atomic E-state index is 0. The molecule has 3 heterocycles. The molecular formula is C15H22ClN5O. The van der Waals surface area contributed by atoms with Crippen LogP contribution in [0.2, 0.25) is 0 Å². The first-order valence-electron chi connectivity index (χ1n) is 7.30. The molecular weight excluding hydrogens is 302 g/mol. The van der Waals surface area contributed by atoms with Crippen LogP contribution in [-0.2, 0) is 0 Å². The Morgan fingerprint density at radius 2 is 2.14 bits per heavy atom. The molecule has 7 heteroatoms. The van der Waals surface area contributed by atoms with Gasteiger partial charge in [-0.2, -0.15) is 5.10 Å². The Labute approximate surface area is 136 Å². The lowest BCUT2D eigenvalue weighted by atomic mass is 10.1. The lowest BCUT2D eigenvalue weighted by molar-refractivity contribution is 0.0745. The summed E-state index contributed by atoms with van der Waals surface area (Å²) >= 11 is 0. The predicted octanol–water partition coefficient (Wildman–Crippen LogP) is 1.51. The highest BCUT2D eigenvalue weighted by molar-refractivity contribution is 6.01. The molecule has 0 bridgehead atoms. The van der Waals surface area contributed by atoms with E-state index in [9.17, 15) is 4.79 Å². The Hall–Kier alpha value is -1.66. The maximum atomic E-state index is 12.9. The number of carbonyl (C=O) groups is 1. The smallest absolute Gasteiger partial charge is 0.259 e. The number of hydrogen-bond acceptors (Lipinski definition) is 4. The molecule has 0 radical (unpaired) electrons. The monoisotopic (exact) mass is 323 g/mol. The van der Waals surface area contributed by atoms with E-state index in [1.54, 1.807) is 4.52 Å². The molecule has 1 amide bonds. The number of hydrogen-bond donors (Lipinski definition) is 1. The quantitative estimate of drug-likeness (QED) is 0.910. The van der Waals surface area contributed by atoms with Gasteiger partial charge in [-0.05, 0) is 39.8 Å². The minimum Gasteiger partial charge on any atom is -0.337 e. The van der Waals surface area contributed by atoms with Crippen LogP contribution in [0.3, 0.4) is 0 Å². The average molecular weight is 324 g/mol. The highest BCUT2D eigenvalue weighted by atomic mass is 35.5. The van der Waals surface area contributed by atoms with Gasteiger partial charge in [-0.3, -0.25) is 4.79 Å². The number of amides is 1. The number of nitrogens with zero attached hydrogens (tertiary/aromatic N) is 4. The van der Waals surface area contributed by atoms with Crippen molar-refractivity contribution in [2.24, 2.45) is 0 Å². The van der Waals surface area contributed by atoms with Crippen LogP contribution in [0.15, 0.2) is 6.07 Å². The average Bonchev–Trinajstić information content (AvgIpc) is 3.04. The first kappa shape index (κ1) is 16.7. The molecule has 1 saturated heterocycles. The molecule has 1 N–H and O–H groups in total. The summed E-state index contributed by atoms with van der Waals surface area (Å²) in [4.78, 5) is 19.2. The Balaban J connectivity index is 0.00000176. The molecule has 0 aromatic carbocycles. The summed E-state index contributed by atoms with van der Waals surface area (Å²) < 4.78 is 1.76. The summed E-state index contributed by atoms with van der Waals surface area (Å²) in [6, 6.07) is 2.22. The summed E-state index contributed by atoms with van der Waals surface area (Å²) in [5.74, 6) is 0.00806. The Bertz CT molecular complexity index is 706. The SMILES string of the molecule is Cc1cc(C)n2nc(C)c(C(=O)N(C)C3CCNC3)c2n1.Cl. The summed E-state index contributed by atoms with van der Waals surface area (Å²) in [5.41, 5.74) is 3.91. The number of aryl methyl sites for hydroxylation is 3. The third kappa shape index (κ3) is 2.68. The van der Waals surface area contributed by atoms with E-state index in [-0.39, 0.29) is 24.4 Å². The topological polar surface area (TPSA) is 62.5 Å². The largest absolute Gasteiger partial charge is 0.337 e. The molecule has 2 aromatic rings. The fraction of sp³-hybridized carbons (Fsp3) is 0.533. The van der Waals surface area contributed by atoms with E-state index in [2.05, 4.69) is 15.4 Å². The predicted molar refractivity (Wildman–Crippen MR) is 87.8 cm³/mol. The maximum Gasteiger partial charge on any atom is 0.259 e. The molecule has 1 atom stereocenters. The highest BCUT2D eigenvalue weighted by Crippen LogP contribution is 2.19. The fourth-order valence-corrected chi connectivity index (χ4v) is 2.99. The first-order valence-corrected chi connectivity index (χ1v) is 7.30. The van der Waals surface area contributed by atoms with Crippen LogP contribution >= 0.6 is 12.4 Å². The second-order valence-corrected chi connectivity index (χ2v) is 5.80. The van der Waals surface area contributed by atoms with E-state index in [1.165, 1.54) is 0 Å². The Morgan fingerprint density at radius 1 is 1.41 bits per heavy atom. The third-order valence-corrected chi connectivity index (χ3v) is 4.19. The molecule has 1 aliphatic rings. The second kappa shape index (κ2) is 6.22. The van der Waals surface area contributed by atoms with E-state index in [1.807, 2.05) is 38.8 Å². The fourth-order valence-electron chi connectivity index (χ4n) is 2.99. The molecule has 2 aromatic heterocycles. The van der Waals surface area contributed by atoms with E-state index < -0.39 is 0 Å². The lowest BCUT2D eigenvalue weighted by Gasteiger charge is -2.23. The van der Waals surface area contributed by atoms with Crippen molar-refractivity contribution in [3.63, 3.8) is 0 Å². The zero-order valence-corrected chi connectivity index (χ0v) is 14.2. The van der Waals surface area contributed by atoms with Crippen LogP contribution in [0.5, 0.6) is 0 Å². The van der Waals surface area contributed by atoms with Gasteiger partial charge in [0.2, 0.25) is 0 Å². The Kier molecular flexibility index (Phi) is 4.72. The standard InChI is InChI=1S/C15H21N5O.ClH/c1-9-7-10(2)20-14(17-9)13(11(3)18-20)15(21)19(4)12-5-6-16-8-12;/h7,12,16H,5-6,8H2,1-4H3;1H. The van der Waals surface area contributed by atoms with Crippen LogP contribution in [0.1, 0.15) is 33.9 Å². The van der Waals surface area contributed by atoms with Gasteiger partial charge in [-0.1, -0.05) is 0 Å². The van der Waals surface area contributed by atoms with Crippen LogP contribution in [-0.4, -0.2) is 51.6 Å². The van der Waals surface area contributed by atoms with Crippen LogP contribution in [0, 0.1) is 20.8 Å². The van der Waals surface area contributed by atoms with Crippen molar-refractivity contribution in [3.05, 3.63) is 28.7 Å². The van der Waals surface area contributed by atoms with Gasteiger partial charge in [-0.15, -0.1) is 12.4 Å². The van der Waals surface area contributed by atoms with Gasteiger partial charge in [0, 0.05) is 31.0 Å². The van der Waals surface area contributed by atoms with Gasteiger partial charge in [0.05, 0.1) is 5.69 Å². The molecule has 1 fully saturated rings. The number of halogens is 1. The third-order valence-electron chi connectivity index (χ3n) is 4.19. The van der Waals surface area contributed by atoms with Crippen molar-refractivity contribution >= 4 is 24.0 Å². The van der Waals surface area contributed by atoms with E-state index in [0.717, 1.165) is 36.6 Å². The number of fused-ring (bicyclic) bond motifs is 1.